The number of benzene rings is 2. The molecule has 26 heavy (non-hydrogen) atoms. The number of hydrogen-bond donors (Lipinski definition) is 2. The molecule has 0 saturated carbocycles. The molecule has 2 aromatic carbocycles. The van der Waals surface area contributed by atoms with Crippen LogP contribution in [0.4, 0.5) is 16.2 Å². The highest BCUT2D eigenvalue weighted by atomic mass is 16.5. The number of methoxy groups -OCH3 is 1. The van der Waals surface area contributed by atoms with Crippen LogP contribution in [0.3, 0.4) is 0 Å². The van der Waals surface area contributed by atoms with Crippen LogP contribution in [-0.2, 0) is 4.79 Å². The minimum absolute atomic E-state index is 0.155. The minimum atomic E-state index is -0.472. The van der Waals surface area contributed by atoms with Crippen LogP contribution in [0.2, 0.25) is 0 Å². The minimum Gasteiger partial charge on any atom is -0.497 e. The Morgan fingerprint density at radius 2 is 1.92 bits per heavy atom. The molecule has 6 nitrogen and oxygen atoms in total. The fraction of sp³-hybridized carbons (Fsp3) is 0.300. The first-order chi connectivity index (χ1) is 12.6. The van der Waals surface area contributed by atoms with Crippen molar-refractivity contribution in [2.75, 3.05) is 24.3 Å². The fourth-order valence-corrected chi connectivity index (χ4v) is 3.11. The van der Waals surface area contributed by atoms with Crippen molar-refractivity contribution in [3.05, 3.63) is 54.1 Å². The largest absolute Gasteiger partial charge is 0.497 e. The van der Waals surface area contributed by atoms with E-state index in [4.69, 9.17) is 4.74 Å². The van der Waals surface area contributed by atoms with Crippen LogP contribution in [0, 0.1) is 6.92 Å². The number of nitrogens with zero attached hydrogens (tertiary/aromatic N) is 1. The first-order valence-electron chi connectivity index (χ1n) is 8.66. The van der Waals surface area contributed by atoms with Crippen LogP contribution in [-0.4, -0.2) is 36.5 Å². The molecule has 0 spiro atoms. The molecule has 0 aromatic heterocycles. The number of ether oxygens (including phenoxy) is 1. The molecule has 3 rings (SSSR count). The van der Waals surface area contributed by atoms with Crippen molar-refractivity contribution in [1.82, 2.24) is 4.90 Å². The van der Waals surface area contributed by atoms with Crippen molar-refractivity contribution in [3.8, 4) is 5.75 Å². The number of urea groups is 1. The molecule has 1 saturated heterocycles. The summed E-state index contributed by atoms with van der Waals surface area (Å²) in [5.74, 6) is 0.510. The third-order valence-corrected chi connectivity index (χ3v) is 4.54. The fourth-order valence-electron chi connectivity index (χ4n) is 3.11. The molecule has 1 aliphatic heterocycles. The van der Waals surface area contributed by atoms with Crippen LogP contribution < -0.4 is 15.4 Å². The zero-order valence-corrected chi connectivity index (χ0v) is 15.0. The van der Waals surface area contributed by atoms with Gasteiger partial charge >= 0.3 is 6.03 Å². The van der Waals surface area contributed by atoms with Crippen molar-refractivity contribution in [3.63, 3.8) is 0 Å². The maximum atomic E-state index is 12.7. The summed E-state index contributed by atoms with van der Waals surface area (Å²) in [6.45, 7) is 2.50. The molecule has 1 atom stereocenters. The summed E-state index contributed by atoms with van der Waals surface area (Å²) in [5, 5.41) is 5.78. The topological polar surface area (TPSA) is 70.7 Å². The predicted molar refractivity (Wildman–Crippen MR) is 102 cm³/mol. The standard InChI is InChI=1S/C20H23N3O3/c1-14-7-3-4-10-17(14)22-19(24)18-11-6-12-23(18)20(25)21-15-8-5-9-16(13-15)26-2/h3-5,7-10,13,18H,6,11-12H2,1-2H3,(H,21,25)(H,22,24)/t18-/m0/s1. The molecule has 1 fully saturated rings. The average molecular weight is 353 g/mol. The molecule has 0 radical (unpaired) electrons. The van der Waals surface area contributed by atoms with Crippen molar-refractivity contribution in [2.24, 2.45) is 0 Å². The molecule has 136 valence electrons. The first-order valence-corrected chi connectivity index (χ1v) is 8.66. The highest BCUT2D eigenvalue weighted by molar-refractivity contribution is 6.00. The summed E-state index contributed by atoms with van der Waals surface area (Å²) in [4.78, 5) is 26.9. The Labute approximate surface area is 153 Å². The van der Waals surface area contributed by atoms with Gasteiger partial charge in [-0.2, -0.15) is 0 Å². The second kappa shape index (κ2) is 7.91. The van der Waals surface area contributed by atoms with Gasteiger partial charge < -0.3 is 20.3 Å². The van der Waals surface area contributed by atoms with Crippen molar-refractivity contribution in [2.45, 2.75) is 25.8 Å². The smallest absolute Gasteiger partial charge is 0.322 e. The number of para-hydroxylation sites is 1. The Morgan fingerprint density at radius 3 is 2.69 bits per heavy atom. The number of aryl methyl sites for hydroxylation is 1. The lowest BCUT2D eigenvalue weighted by molar-refractivity contribution is -0.119. The van der Waals surface area contributed by atoms with Gasteiger partial charge in [0.05, 0.1) is 7.11 Å². The van der Waals surface area contributed by atoms with Gasteiger partial charge in [0.2, 0.25) is 5.91 Å². The monoisotopic (exact) mass is 353 g/mol. The summed E-state index contributed by atoms with van der Waals surface area (Å²) in [7, 11) is 1.58. The lowest BCUT2D eigenvalue weighted by atomic mass is 10.1. The van der Waals surface area contributed by atoms with E-state index in [1.165, 1.54) is 0 Å². The van der Waals surface area contributed by atoms with E-state index in [9.17, 15) is 9.59 Å². The molecular formula is C20H23N3O3. The van der Waals surface area contributed by atoms with Crippen molar-refractivity contribution in [1.29, 1.82) is 0 Å². The van der Waals surface area contributed by atoms with Crippen LogP contribution >= 0.6 is 0 Å². The summed E-state index contributed by atoms with van der Waals surface area (Å²) in [5.41, 5.74) is 2.41. The maximum absolute atomic E-state index is 12.7. The van der Waals surface area contributed by atoms with Gasteiger partial charge in [-0.15, -0.1) is 0 Å². The van der Waals surface area contributed by atoms with Crippen LogP contribution in [0.15, 0.2) is 48.5 Å². The molecule has 1 heterocycles. The summed E-state index contributed by atoms with van der Waals surface area (Å²) >= 11 is 0. The normalized spacial score (nSPS) is 16.2. The Balaban J connectivity index is 1.68. The quantitative estimate of drug-likeness (QED) is 0.882. The lowest BCUT2D eigenvalue weighted by Crippen LogP contribution is -2.45. The molecule has 0 unspecified atom stereocenters. The van der Waals surface area contributed by atoms with E-state index in [1.54, 1.807) is 30.2 Å². The third kappa shape index (κ3) is 3.96. The number of anilines is 2. The Kier molecular flexibility index (Phi) is 5.41. The second-order valence-electron chi connectivity index (χ2n) is 6.32. The van der Waals surface area contributed by atoms with E-state index >= 15 is 0 Å². The van der Waals surface area contributed by atoms with E-state index in [0.717, 1.165) is 17.7 Å². The van der Waals surface area contributed by atoms with E-state index in [0.29, 0.717) is 24.4 Å². The number of likely N-dealkylation sites (tertiary alicyclic amines) is 1. The van der Waals surface area contributed by atoms with Crippen molar-refractivity contribution < 1.29 is 14.3 Å². The molecule has 6 heteroatoms. The molecule has 3 amide bonds. The van der Waals surface area contributed by atoms with E-state index in [1.807, 2.05) is 37.3 Å². The van der Waals surface area contributed by atoms with E-state index < -0.39 is 6.04 Å². The van der Waals surface area contributed by atoms with Gasteiger partial charge in [0.25, 0.3) is 0 Å². The highest BCUT2D eigenvalue weighted by Gasteiger charge is 2.34. The van der Waals surface area contributed by atoms with Crippen LogP contribution in [0.5, 0.6) is 5.75 Å². The number of hydrogen-bond acceptors (Lipinski definition) is 3. The van der Waals surface area contributed by atoms with Gasteiger partial charge in [0, 0.05) is 24.0 Å². The molecule has 2 N–H and O–H groups in total. The molecule has 0 bridgehead atoms. The average Bonchev–Trinajstić information content (AvgIpc) is 3.14. The number of rotatable bonds is 4. The zero-order chi connectivity index (χ0) is 18.5. The second-order valence-corrected chi connectivity index (χ2v) is 6.32. The summed E-state index contributed by atoms with van der Waals surface area (Å²) in [6, 6.07) is 14.0. The Hall–Kier alpha value is -3.02. The van der Waals surface area contributed by atoms with E-state index in [2.05, 4.69) is 10.6 Å². The summed E-state index contributed by atoms with van der Waals surface area (Å²) < 4.78 is 5.17. The van der Waals surface area contributed by atoms with Gasteiger partial charge in [-0.3, -0.25) is 4.79 Å². The van der Waals surface area contributed by atoms with Gasteiger partial charge in [-0.1, -0.05) is 24.3 Å². The number of carbonyl (C=O) groups is 2. The molecule has 1 aliphatic rings. The van der Waals surface area contributed by atoms with Crippen LogP contribution in [0.1, 0.15) is 18.4 Å². The SMILES string of the molecule is COc1cccc(NC(=O)N2CCC[C@H]2C(=O)Nc2ccccc2C)c1. The first kappa shape index (κ1) is 17.8. The van der Waals surface area contributed by atoms with Crippen molar-refractivity contribution >= 4 is 23.3 Å². The Morgan fingerprint density at radius 1 is 1.12 bits per heavy atom. The van der Waals surface area contributed by atoms with Gasteiger partial charge in [0.15, 0.2) is 0 Å². The number of nitrogens with one attached hydrogen (secondary N) is 2. The molecular weight excluding hydrogens is 330 g/mol. The number of amides is 3. The highest BCUT2D eigenvalue weighted by Crippen LogP contribution is 2.23. The third-order valence-electron chi connectivity index (χ3n) is 4.54. The van der Waals surface area contributed by atoms with Crippen LogP contribution in [0.25, 0.3) is 0 Å². The van der Waals surface area contributed by atoms with E-state index in [-0.39, 0.29) is 11.9 Å². The predicted octanol–water partition coefficient (Wildman–Crippen LogP) is 3.64. The van der Waals surface area contributed by atoms with Gasteiger partial charge in [0.1, 0.15) is 11.8 Å². The molecule has 0 aliphatic carbocycles. The van der Waals surface area contributed by atoms with Gasteiger partial charge in [-0.25, -0.2) is 4.79 Å². The molecule has 2 aromatic rings. The Bertz CT molecular complexity index is 806. The number of carbonyl (C=O) groups excluding carboxylic acids is 2. The maximum Gasteiger partial charge on any atom is 0.322 e. The summed E-state index contributed by atoms with van der Waals surface area (Å²) in [6.07, 6.45) is 1.46. The lowest BCUT2D eigenvalue weighted by Gasteiger charge is -2.24. The zero-order valence-electron chi connectivity index (χ0n) is 15.0. The van der Waals surface area contributed by atoms with Gasteiger partial charge in [-0.05, 0) is 43.5 Å².